The summed E-state index contributed by atoms with van der Waals surface area (Å²) in [6.45, 7) is 4.01. The van der Waals surface area contributed by atoms with Gasteiger partial charge in [0.25, 0.3) is 5.91 Å². The number of para-hydroxylation sites is 1. The van der Waals surface area contributed by atoms with Crippen molar-refractivity contribution >= 4 is 39.8 Å². The average molecular weight is 562 g/mol. The molecule has 0 radical (unpaired) electrons. The highest BCUT2D eigenvalue weighted by atomic mass is 32.2. The van der Waals surface area contributed by atoms with Gasteiger partial charge >= 0.3 is 0 Å². The minimum absolute atomic E-state index is 0.194. The average Bonchev–Trinajstić information content (AvgIpc) is 3.35. The largest absolute Gasteiger partial charge is 0.488 e. The number of fused-ring (bicyclic) bond motifs is 1. The van der Waals surface area contributed by atoms with E-state index in [1.165, 1.54) is 21.9 Å². The predicted octanol–water partition coefficient (Wildman–Crippen LogP) is 6.89. The number of ether oxygens (including phenoxy) is 3. The van der Waals surface area contributed by atoms with Crippen LogP contribution in [-0.2, 0) is 17.7 Å². The van der Waals surface area contributed by atoms with Crippen molar-refractivity contribution in [3.05, 3.63) is 88.9 Å². The molecule has 1 aliphatic rings. The van der Waals surface area contributed by atoms with E-state index in [1.807, 2.05) is 55.6 Å². The summed E-state index contributed by atoms with van der Waals surface area (Å²) >= 11 is 3.19. The molecule has 5 rings (SSSR count). The van der Waals surface area contributed by atoms with E-state index in [-0.39, 0.29) is 12.0 Å². The van der Waals surface area contributed by atoms with Gasteiger partial charge in [0, 0.05) is 47.2 Å². The summed E-state index contributed by atoms with van der Waals surface area (Å²) in [6.07, 6.45) is 2.67. The van der Waals surface area contributed by atoms with Gasteiger partial charge in [0.05, 0.1) is 18.8 Å². The van der Waals surface area contributed by atoms with E-state index >= 15 is 0 Å². The van der Waals surface area contributed by atoms with Crippen LogP contribution in [0.5, 0.6) is 17.2 Å². The van der Waals surface area contributed by atoms with Gasteiger partial charge < -0.3 is 19.1 Å². The van der Waals surface area contributed by atoms with Crippen molar-refractivity contribution in [3.8, 4) is 17.2 Å². The van der Waals surface area contributed by atoms with E-state index in [0.717, 1.165) is 30.1 Å². The maximum atomic E-state index is 13.4. The Labute approximate surface area is 237 Å². The molecule has 2 heterocycles. The molecule has 0 saturated heterocycles. The number of aromatic nitrogens is 1. The summed E-state index contributed by atoms with van der Waals surface area (Å²) in [5, 5.41) is 3.59. The number of thiazole rings is 1. The molecule has 0 bridgehead atoms. The van der Waals surface area contributed by atoms with Crippen LogP contribution >= 0.6 is 23.1 Å². The van der Waals surface area contributed by atoms with Crippen LogP contribution in [-0.4, -0.2) is 43.5 Å². The van der Waals surface area contributed by atoms with Gasteiger partial charge in [0.1, 0.15) is 23.4 Å². The summed E-state index contributed by atoms with van der Waals surface area (Å²) in [5.41, 5.74) is 2.66. The summed E-state index contributed by atoms with van der Waals surface area (Å²) < 4.78 is 17.3. The van der Waals surface area contributed by atoms with Crippen LogP contribution in [0.15, 0.2) is 77.7 Å². The Morgan fingerprint density at radius 2 is 1.85 bits per heavy atom. The highest BCUT2D eigenvalue weighted by molar-refractivity contribution is 7.98. The molecule has 3 aromatic carbocycles. The lowest BCUT2D eigenvalue weighted by molar-refractivity contribution is 0.0916. The summed E-state index contributed by atoms with van der Waals surface area (Å²) in [7, 11) is 1.63. The molecule has 0 saturated carbocycles. The van der Waals surface area contributed by atoms with E-state index in [0.29, 0.717) is 34.6 Å². The number of carbonyl (C=O) groups excluding carboxylic acids is 1. The van der Waals surface area contributed by atoms with Crippen LogP contribution in [0.2, 0.25) is 0 Å². The molecule has 1 unspecified atom stereocenters. The van der Waals surface area contributed by atoms with E-state index in [1.54, 1.807) is 37.1 Å². The molecule has 9 heteroatoms. The van der Waals surface area contributed by atoms with E-state index in [9.17, 15) is 4.79 Å². The molecular weight excluding hydrogens is 530 g/mol. The van der Waals surface area contributed by atoms with Crippen molar-refractivity contribution in [3.63, 3.8) is 0 Å². The van der Waals surface area contributed by atoms with E-state index in [4.69, 9.17) is 19.2 Å². The molecule has 0 spiro atoms. The standard InChI is InChI=1S/C30H31N3O4S2/c1-20(19-35-2)36-24-15-21(16-25(17-24)37-23-9-11-26(38-3)12-10-23)29(34)32-30-31-27-13-14-33(18-28(27)39-30)22-7-5-4-6-8-22/h4-12,15-17,20H,13-14,18-19H2,1-3H3,(H,31,32,34). The fraction of sp³-hybridized carbons (Fsp3) is 0.267. The Morgan fingerprint density at radius 1 is 1.08 bits per heavy atom. The number of methoxy groups -OCH3 is 1. The molecule has 202 valence electrons. The van der Waals surface area contributed by atoms with E-state index < -0.39 is 0 Å². The normalized spacial score (nSPS) is 13.5. The number of rotatable bonds is 10. The molecule has 7 nitrogen and oxygen atoms in total. The zero-order chi connectivity index (χ0) is 27.2. The second-order valence-electron chi connectivity index (χ2n) is 9.20. The molecule has 0 fully saturated rings. The quantitative estimate of drug-likeness (QED) is 0.212. The lowest BCUT2D eigenvalue weighted by Crippen LogP contribution is -2.29. The maximum absolute atomic E-state index is 13.4. The second-order valence-corrected chi connectivity index (χ2v) is 11.2. The minimum atomic E-state index is -0.270. The van der Waals surface area contributed by atoms with Crippen molar-refractivity contribution in [2.75, 3.05) is 36.7 Å². The van der Waals surface area contributed by atoms with Crippen LogP contribution in [0.1, 0.15) is 27.9 Å². The first-order chi connectivity index (χ1) is 19.0. The SMILES string of the molecule is COCC(C)Oc1cc(Oc2ccc(SC)cc2)cc(C(=O)Nc2nc3c(s2)CN(c2ccccc2)CC3)c1. The number of anilines is 2. The molecule has 1 aromatic heterocycles. The fourth-order valence-corrected chi connectivity index (χ4v) is 5.82. The van der Waals surface area contributed by atoms with Crippen LogP contribution < -0.4 is 19.7 Å². The number of hydrogen-bond donors (Lipinski definition) is 1. The van der Waals surface area contributed by atoms with Crippen molar-refractivity contribution in [2.24, 2.45) is 0 Å². The Balaban J connectivity index is 1.34. The summed E-state index contributed by atoms with van der Waals surface area (Å²) in [4.78, 5) is 22.7. The lowest BCUT2D eigenvalue weighted by Gasteiger charge is -2.28. The minimum Gasteiger partial charge on any atom is -0.488 e. The fourth-order valence-electron chi connectivity index (χ4n) is 4.39. The first-order valence-electron chi connectivity index (χ1n) is 12.7. The third-order valence-electron chi connectivity index (χ3n) is 6.25. The molecular formula is C30H31N3O4S2. The number of nitrogens with zero attached hydrogens (tertiary/aromatic N) is 2. The first kappa shape index (κ1) is 27.1. The van der Waals surface area contributed by atoms with Crippen molar-refractivity contribution in [2.45, 2.75) is 30.9 Å². The van der Waals surface area contributed by atoms with Gasteiger partial charge in [0.15, 0.2) is 5.13 Å². The van der Waals surface area contributed by atoms with Gasteiger partial charge in [-0.3, -0.25) is 10.1 Å². The van der Waals surface area contributed by atoms with Gasteiger partial charge in [0.2, 0.25) is 0 Å². The van der Waals surface area contributed by atoms with Crippen molar-refractivity contribution < 1.29 is 19.0 Å². The maximum Gasteiger partial charge on any atom is 0.257 e. The van der Waals surface area contributed by atoms with Crippen molar-refractivity contribution in [1.29, 1.82) is 0 Å². The number of nitrogens with one attached hydrogen (secondary N) is 1. The van der Waals surface area contributed by atoms with Gasteiger partial charge in [-0.15, -0.1) is 11.8 Å². The van der Waals surface area contributed by atoms with Gasteiger partial charge in [-0.25, -0.2) is 4.98 Å². The Bertz CT molecular complexity index is 1410. The lowest BCUT2D eigenvalue weighted by atomic mass is 10.1. The monoisotopic (exact) mass is 561 g/mol. The van der Waals surface area contributed by atoms with Gasteiger partial charge in [-0.1, -0.05) is 29.5 Å². The number of amides is 1. The summed E-state index contributed by atoms with van der Waals surface area (Å²) in [6, 6.07) is 23.4. The first-order valence-corrected chi connectivity index (χ1v) is 14.8. The Morgan fingerprint density at radius 3 is 2.59 bits per heavy atom. The van der Waals surface area contributed by atoms with Crippen LogP contribution in [0.25, 0.3) is 0 Å². The number of hydrogen-bond acceptors (Lipinski definition) is 8. The molecule has 0 aliphatic carbocycles. The zero-order valence-corrected chi connectivity index (χ0v) is 23.8. The van der Waals surface area contributed by atoms with E-state index in [2.05, 4.69) is 22.3 Å². The van der Waals surface area contributed by atoms with Gasteiger partial charge in [-0.2, -0.15) is 0 Å². The molecule has 39 heavy (non-hydrogen) atoms. The second kappa shape index (κ2) is 12.5. The smallest absolute Gasteiger partial charge is 0.257 e. The zero-order valence-electron chi connectivity index (χ0n) is 22.2. The molecule has 1 amide bonds. The topological polar surface area (TPSA) is 72.9 Å². The third-order valence-corrected chi connectivity index (χ3v) is 7.99. The van der Waals surface area contributed by atoms with Crippen LogP contribution in [0.4, 0.5) is 10.8 Å². The molecule has 1 aliphatic heterocycles. The summed E-state index contributed by atoms with van der Waals surface area (Å²) in [5.74, 6) is 1.45. The molecule has 1 N–H and O–H groups in total. The third kappa shape index (κ3) is 6.92. The highest BCUT2D eigenvalue weighted by Gasteiger charge is 2.22. The predicted molar refractivity (Wildman–Crippen MR) is 158 cm³/mol. The van der Waals surface area contributed by atoms with Gasteiger partial charge in [-0.05, 0) is 61.7 Å². The van der Waals surface area contributed by atoms with Crippen LogP contribution in [0, 0.1) is 0 Å². The Kier molecular flexibility index (Phi) is 8.71. The number of thioether (sulfide) groups is 1. The molecule has 1 atom stereocenters. The number of carbonyl (C=O) groups is 1. The van der Waals surface area contributed by atoms with Crippen LogP contribution in [0.3, 0.4) is 0 Å². The Hall–Kier alpha value is -3.53. The molecule has 4 aromatic rings. The number of benzene rings is 3. The highest BCUT2D eigenvalue weighted by Crippen LogP contribution is 2.33. The van der Waals surface area contributed by atoms with Crippen molar-refractivity contribution in [1.82, 2.24) is 4.98 Å².